The molecule has 0 spiro atoms. The summed E-state index contributed by atoms with van der Waals surface area (Å²) in [6.45, 7) is 0. The molecule has 1 aromatic heterocycles. The molecule has 10 rings (SSSR count). The molecule has 1 heterocycles. The van der Waals surface area contributed by atoms with Crippen LogP contribution < -0.4 is 4.90 Å². The number of anilines is 3. The Bertz CT molecular complexity index is 2860. The molecule has 0 bridgehead atoms. The van der Waals surface area contributed by atoms with Gasteiger partial charge in [0.1, 0.15) is 11.2 Å². The SMILES string of the molecule is c1ccc(-c2ccccc2N(c2ccc(-c3ccc4ccc5ccc6ccccc6c5c4c3)cc2)c2cccc3oc4ccccc4c23)cc1. The van der Waals surface area contributed by atoms with Crippen molar-refractivity contribution in [2.75, 3.05) is 4.90 Å². The lowest BCUT2D eigenvalue weighted by Crippen LogP contribution is -2.11. The third kappa shape index (κ3) is 4.57. The quantitative estimate of drug-likeness (QED) is 0.175. The van der Waals surface area contributed by atoms with E-state index in [1.807, 2.05) is 12.1 Å². The standard InChI is InChI=1S/C48H31NO/c1-2-11-33(12-3-1)39-14-6-8-17-43(39)49(44-18-10-20-46-48(44)41-16-7-9-19-45(41)50-46)38-29-27-32(28-30-38)37-26-23-35-22-25-36-24-21-34-13-4-5-15-40(34)47(36)42(35)31-37/h1-31H. The van der Waals surface area contributed by atoms with E-state index in [9.17, 15) is 0 Å². The van der Waals surface area contributed by atoms with Gasteiger partial charge in [0.2, 0.25) is 0 Å². The van der Waals surface area contributed by atoms with E-state index in [-0.39, 0.29) is 0 Å². The van der Waals surface area contributed by atoms with Gasteiger partial charge in [-0.3, -0.25) is 0 Å². The van der Waals surface area contributed by atoms with E-state index in [0.29, 0.717) is 0 Å². The molecule has 0 amide bonds. The molecule has 0 atom stereocenters. The Hall–Kier alpha value is -6.64. The van der Waals surface area contributed by atoms with E-state index < -0.39 is 0 Å². The topological polar surface area (TPSA) is 16.4 Å². The molecule has 50 heavy (non-hydrogen) atoms. The molecule has 10 aromatic rings. The highest BCUT2D eigenvalue weighted by molar-refractivity contribution is 6.20. The molecule has 9 aromatic carbocycles. The number of furan rings is 1. The fourth-order valence-electron chi connectivity index (χ4n) is 7.69. The summed E-state index contributed by atoms with van der Waals surface area (Å²) in [4.78, 5) is 2.39. The zero-order valence-electron chi connectivity index (χ0n) is 27.3. The highest BCUT2D eigenvalue weighted by Gasteiger charge is 2.22. The number of rotatable bonds is 5. The van der Waals surface area contributed by atoms with E-state index in [4.69, 9.17) is 4.42 Å². The first-order chi connectivity index (χ1) is 24.8. The van der Waals surface area contributed by atoms with Crippen molar-refractivity contribution >= 4 is 71.3 Å². The lowest BCUT2D eigenvalue weighted by molar-refractivity contribution is 0.669. The maximum absolute atomic E-state index is 6.37. The first-order valence-electron chi connectivity index (χ1n) is 17.1. The Morgan fingerprint density at radius 2 is 0.960 bits per heavy atom. The van der Waals surface area contributed by atoms with Crippen molar-refractivity contribution in [2.45, 2.75) is 0 Å². The summed E-state index contributed by atoms with van der Waals surface area (Å²) in [6, 6.07) is 67.5. The molecule has 0 fully saturated rings. The summed E-state index contributed by atoms with van der Waals surface area (Å²) < 4.78 is 6.37. The molecule has 0 radical (unpaired) electrons. The van der Waals surface area contributed by atoms with Crippen LogP contribution >= 0.6 is 0 Å². The van der Waals surface area contributed by atoms with E-state index in [1.54, 1.807) is 0 Å². The summed E-state index contributed by atoms with van der Waals surface area (Å²) in [5, 5.41) is 9.85. The number of benzene rings is 9. The van der Waals surface area contributed by atoms with Crippen LogP contribution in [0.1, 0.15) is 0 Å². The molecular formula is C48H31NO. The monoisotopic (exact) mass is 637 g/mol. The van der Waals surface area contributed by atoms with Crippen molar-refractivity contribution in [3.63, 3.8) is 0 Å². The van der Waals surface area contributed by atoms with Crippen molar-refractivity contribution in [3.8, 4) is 22.3 Å². The lowest BCUT2D eigenvalue weighted by Gasteiger charge is -2.28. The van der Waals surface area contributed by atoms with E-state index >= 15 is 0 Å². The molecule has 2 nitrogen and oxygen atoms in total. The number of hydrogen-bond acceptors (Lipinski definition) is 2. The molecule has 0 aliphatic heterocycles. The third-order valence-electron chi connectivity index (χ3n) is 10.0. The van der Waals surface area contributed by atoms with Crippen LogP contribution in [0.4, 0.5) is 17.1 Å². The van der Waals surface area contributed by atoms with E-state index in [0.717, 1.165) is 44.6 Å². The summed E-state index contributed by atoms with van der Waals surface area (Å²) >= 11 is 0. The summed E-state index contributed by atoms with van der Waals surface area (Å²) in [7, 11) is 0. The van der Waals surface area contributed by atoms with E-state index in [2.05, 4.69) is 181 Å². The second-order valence-electron chi connectivity index (χ2n) is 12.9. The van der Waals surface area contributed by atoms with Crippen LogP contribution in [0.5, 0.6) is 0 Å². The van der Waals surface area contributed by atoms with Gasteiger partial charge in [0.15, 0.2) is 0 Å². The zero-order valence-corrected chi connectivity index (χ0v) is 27.3. The first-order valence-corrected chi connectivity index (χ1v) is 17.1. The van der Waals surface area contributed by atoms with Crippen LogP contribution in [-0.4, -0.2) is 0 Å². The van der Waals surface area contributed by atoms with Gasteiger partial charge >= 0.3 is 0 Å². The Morgan fingerprint density at radius 1 is 0.340 bits per heavy atom. The van der Waals surface area contributed by atoms with Gasteiger partial charge in [-0.25, -0.2) is 0 Å². The zero-order chi connectivity index (χ0) is 33.0. The summed E-state index contributed by atoms with van der Waals surface area (Å²) in [5.41, 5.74) is 9.73. The number of hydrogen-bond donors (Lipinski definition) is 0. The van der Waals surface area contributed by atoms with Gasteiger partial charge in [0, 0.05) is 16.6 Å². The Kier molecular flexibility index (Phi) is 6.53. The maximum atomic E-state index is 6.37. The maximum Gasteiger partial charge on any atom is 0.137 e. The van der Waals surface area contributed by atoms with Gasteiger partial charge in [-0.15, -0.1) is 0 Å². The van der Waals surface area contributed by atoms with Crippen molar-refractivity contribution in [1.82, 2.24) is 0 Å². The van der Waals surface area contributed by atoms with Crippen molar-refractivity contribution in [2.24, 2.45) is 0 Å². The van der Waals surface area contributed by atoms with Crippen molar-refractivity contribution < 1.29 is 4.42 Å². The summed E-state index contributed by atoms with van der Waals surface area (Å²) in [6.07, 6.45) is 0. The fourth-order valence-corrected chi connectivity index (χ4v) is 7.69. The first kappa shape index (κ1) is 28.4. The van der Waals surface area contributed by atoms with Gasteiger partial charge in [-0.2, -0.15) is 0 Å². The van der Waals surface area contributed by atoms with Gasteiger partial charge < -0.3 is 9.32 Å². The average molecular weight is 638 g/mol. The normalized spacial score (nSPS) is 11.6. The van der Waals surface area contributed by atoms with Crippen molar-refractivity contribution in [1.29, 1.82) is 0 Å². The summed E-state index contributed by atoms with van der Waals surface area (Å²) in [5.74, 6) is 0. The molecule has 2 heteroatoms. The van der Waals surface area contributed by atoms with Crippen LogP contribution in [0, 0.1) is 0 Å². The van der Waals surface area contributed by atoms with Crippen LogP contribution in [0.25, 0.3) is 76.5 Å². The molecule has 0 saturated heterocycles. The minimum absolute atomic E-state index is 0.874. The largest absolute Gasteiger partial charge is 0.456 e. The van der Waals surface area contributed by atoms with E-state index in [1.165, 1.54) is 49.0 Å². The van der Waals surface area contributed by atoms with Crippen molar-refractivity contribution in [3.05, 3.63) is 188 Å². The highest BCUT2D eigenvalue weighted by Crippen LogP contribution is 2.46. The molecule has 0 unspecified atom stereocenters. The Morgan fingerprint density at radius 3 is 1.82 bits per heavy atom. The molecular weight excluding hydrogens is 607 g/mol. The number of para-hydroxylation sites is 2. The van der Waals surface area contributed by atoms with Crippen LogP contribution in [0.2, 0.25) is 0 Å². The fraction of sp³-hybridized carbons (Fsp3) is 0. The van der Waals surface area contributed by atoms with Crippen LogP contribution in [0.15, 0.2) is 192 Å². The minimum atomic E-state index is 0.874. The Labute approximate surface area is 290 Å². The average Bonchev–Trinajstić information content (AvgIpc) is 3.58. The van der Waals surface area contributed by atoms with Gasteiger partial charge in [0.25, 0.3) is 0 Å². The molecule has 234 valence electrons. The molecule has 0 aliphatic carbocycles. The van der Waals surface area contributed by atoms with Gasteiger partial charge in [-0.05, 0) is 91.5 Å². The predicted molar refractivity (Wildman–Crippen MR) is 212 cm³/mol. The predicted octanol–water partition coefficient (Wildman–Crippen LogP) is 13.8. The second kappa shape index (κ2) is 11.5. The highest BCUT2D eigenvalue weighted by atomic mass is 16.3. The Balaban J connectivity index is 1.16. The minimum Gasteiger partial charge on any atom is -0.456 e. The smallest absolute Gasteiger partial charge is 0.137 e. The molecule has 0 saturated carbocycles. The molecule has 0 aliphatic rings. The molecule has 0 N–H and O–H groups in total. The van der Waals surface area contributed by atoms with Crippen LogP contribution in [-0.2, 0) is 0 Å². The second-order valence-corrected chi connectivity index (χ2v) is 12.9. The van der Waals surface area contributed by atoms with Gasteiger partial charge in [-0.1, -0.05) is 146 Å². The number of fused-ring (bicyclic) bond motifs is 8. The lowest BCUT2D eigenvalue weighted by atomic mass is 9.94. The number of nitrogens with zero attached hydrogens (tertiary/aromatic N) is 1. The van der Waals surface area contributed by atoms with Gasteiger partial charge in [0.05, 0.1) is 16.8 Å². The van der Waals surface area contributed by atoms with Crippen LogP contribution in [0.3, 0.4) is 0 Å². The third-order valence-corrected chi connectivity index (χ3v) is 10.0.